The highest BCUT2D eigenvalue weighted by atomic mass is 32.2. The standard InChI is InChI=1S/C23H22N2O6S/c1-23(2)17(21(28)29)25-19(27)16(20(25)32-23)24-18(26)15(13-9-5-3-6-10-13)22(30)31-14-11-7-4-8-12-14/h3-12,15-17,20H,1-2H3,(H,24,26)(H,28,29). The van der Waals surface area contributed by atoms with Gasteiger partial charge in [0.1, 0.15) is 23.2 Å². The van der Waals surface area contributed by atoms with Crippen LogP contribution in [0.4, 0.5) is 0 Å². The molecule has 0 saturated carbocycles. The monoisotopic (exact) mass is 454 g/mol. The molecule has 2 fully saturated rings. The maximum absolute atomic E-state index is 13.2. The number of benzene rings is 2. The first kappa shape index (κ1) is 21.9. The van der Waals surface area contributed by atoms with E-state index in [0.29, 0.717) is 11.3 Å². The summed E-state index contributed by atoms with van der Waals surface area (Å²) in [5, 5.41) is 11.7. The van der Waals surface area contributed by atoms with Gasteiger partial charge in [0.05, 0.1) is 0 Å². The second-order valence-electron chi connectivity index (χ2n) is 8.16. The third-order valence-electron chi connectivity index (χ3n) is 5.57. The summed E-state index contributed by atoms with van der Waals surface area (Å²) >= 11 is 1.32. The quantitative estimate of drug-likeness (QED) is 0.297. The highest BCUT2D eigenvalue weighted by Crippen LogP contribution is 2.50. The van der Waals surface area contributed by atoms with Gasteiger partial charge in [0.15, 0.2) is 5.92 Å². The van der Waals surface area contributed by atoms with Gasteiger partial charge in [0.2, 0.25) is 11.8 Å². The van der Waals surface area contributed by atoms with Crippen LogP contribution >= 0.6 is 11.8 Å². The highest BCUT2D eigenvalue weighted by molar-refractivity contribution is 8.01. The maximum atomic E-state index is 13.2. The number of esters is 1. The number of thioether (sulfide) groups is 1. The SMILES string of the molecule is CC1(C)SC2C(NC(=O)C(C(=O)Oc3ccccc3)c3ccccc3)C(=O)N2C1C(=O)O. The number of hydrogen-bond donors (Lipinski definition) is 2. The number of amides is 2. The minimum absolute atomic E-state index is 0.300. The van der Waals surface area contributed by atoms with Crippen LogP contribution in [0.3, 0.4) is 0 Å². The fourth-order valence-electron chi connectivity index (χ4n) is 4.09. The molecule has 2 saturated heterocycles. The number of aliphatic carboxylic acids is 1. The Morgan fingerprint density at radius 2 is 1.66 bits per heavy atom. The summed E-state index contributed by atoms with van der Waals surface area (Å²) in [5.41, 5.74) is 0.428. The van der Waals surface area contributed by atoms with Crippen LogP contribution in [0.15, 0.2) is 60.7 Å². The number of carbonyl (C=O) groups excluding carboxylic acids is 3. The van der Waals surface area contributed by atoms with Gasteiger partial charge in [0, 0.05) is 4.75 Å². The second-order valence-corrected chi connectivity index (χ2v) is 9.93. The van der Waals surface area contributed by atoms with Gasteiger partial charge in [-0.1, -0.05) is 48.5 Å². The zero-order valence-electron chi connectivity index (χ0n) is 17.4. The average Bonchev–Trinajstić information content (AvgIpc) is 3.01. The lowest BCUT2D eigenvalue weighted by Crippen LogP contribution is -2.71. The summed E-state index contributed by atoms with van der Waals surface area (Å²) in [4.78, 5) is 51.8. The Bertz CT molecular complexity index is 1060. The molecule has 0 radical (unpaired) electrons. The molecule has 32 heavy (non-hydrogen) atoms. The van der Waals surface area contributed by atoms with Crippen molar-refractivity contribution < 1.29 is 29.0 Å². The Morgan fingerprint density at radius 1 is 1.06 bits per heavy atom. The number of ether oxygens (including phenoxy) is 1. The molecule has 8 nitrogen and oxygen atoms in total. The summed E-state index contributed by atoms with van der Waals surface area (Å²) in [6, 6.07) is 15.0. The minimum Gasteiger partial charge on any atom is -0.480 e. The molecule has 166 valence electrons. The summed E-state index contributed by atoms with van der Waals surface area (Å²) in [7, 11) is 0. The predicted octanol–water partition coefficient (Wildman–Crippen LogP) is 2.01. The van der Waals surface area contributed by atoms with Crippen LogP contribution in [0.1, 0.15) is 25.3 Å². The van der Waals surface area contributed by atoms with Gasteiger partial charge in [-0.25, -0.2) is 4.79 Å². The lowest BCUT2D eigenvalue weighted by Gasteiger charge is -2.43. The summed E-state index contributed by atoms with van der Waals surface area (Å²) < 4.78 is 4.69. The van der Waals surface area contributed by atoms with Crippen LogP contribution in [0.2, 0.25) is 0 Å². The van der Waals surface area contributed by atoms with Crippen molar-refractivity contribution in [2.45, 2.75) is 42.0 Å². The molecule has 9 heteroatoms. The van der Waals surface area contributed by atoms with Gasteiger partial charge in [-0.2, -0.15) is 0 Å². The number of β-lactam (4-membered cyclic amide) rings is 1. The largest absolute Gasteiger partial charge is 0.480 e. The summed E-state index contributed by atoms with van der Waals surface area (Å²) in [5.74, 6) is -3.99. The molecule has 2 aromatic rings. The van der Waals surface area contributed by atoms with E-state index in [4.69, 9.17) is 4.74 Å². The summed E-state index contributed by atoms with van der Waals surface area (Å²) in [6.07, 6.45) is 0. The van der Waals surface area contributed by atoms with Crippen LogP contribution in [0.25, 0.3) is 0 Å². The first-order chi connectivity index (χ1) is 15.2. The van der Waals surface area contributed by atoms with Crippen molar-refractivity contribution in [3.63, 3.8) is 0 Å². The molecule has 2 amide bonds. The second kappa shape index (κ2) is 8.31. The number of carboxylic acids is 1. The highest BCUT2D eigenvalue weighted by Gasteiger charge is 2.64. The molecule has 0 aliphatic carbocycles. The van der Waals surface area contributed by atoms with E-state index in [1.165, 1.54) is 16.7 Å². The maximum Gasteiger partial charge on any atom is 0.328 e. The van der Waals surface area contributed by atoms with E-state index in [1.807, 2.05) is 0 Å². The van der Waals surface area contributed by atoms with Gasteiger partial charge in [-0.05, 0) is 31.5 Å². The minimum atomic E-state index is -1.28. The van der Waals surface area contributed by atoms with Crippen LogP contribution in [-0.4, -0.2) is 56.0 Å². The van der Waals surface area contributed by atoms with E-state index >= 15 is 0 Å². The number of nitrogens with zero attached hydrogens (tertiary/aromatic N) is 1. The average molecular weight is 455 g/mol. The lowest BCUT2D eigenvalue weighted by atomic mass is 9.94. The molecule has 2 heterocycles. The molecule has 4 rings (SSSR count). The van der Waals surface area contributed by atoms with E-state index < -0.39 is 51.9 Å². The smallest absolute Gasteiger partial charge is 0.328 e. The van der Waals surface area contributed by atoms with Crippen molar-refractivity contribution in [1.29, 1.82) is 0 Å². The number of nitrogens with one attached hydrogen (secondary N) is 1. The Hall–Kier alpha value is -3.33. The zero-order chi connectivity index (χ0) is 23.0. The topological polar surface area (TPSA) is 113 Å². The van der Waals surface area contributed by atoms with Crippen LogP contribution in [0.5, 0.6) is 5.75 Å². The van der Waals surface area contributed by atoms with E-state index in [2.05, 4.69) is 5.32 Å². The van der Waals surface area contributed by atoms with Crippen molar-refractivity contribution in [3.05, 3.63) is 66.2 Å². The lowest BCUT2D eigenvalue weighted by molar-refractivity contribution is -0.161. The van der Waals surface area contributed by atoms with Crippen molar-refractivity contribution in [2.75, 3.05) is 0 Å². The van der Waals surface area contributed by atoms with E-state index in [9.17, 15) is 24.3 Å². The number of fused-ring (bicyclic) bond motifs is 1. The number of rotatable bonds is 6. The normalized spacial score (nSPS) is 24.1. The third kappa shape index (κ3) is 3.84. The molecule has 2 N–H and O–H groups in total. The fourth-order valence-corrected chi connectivity index (χ4v) is 5.71. The Balaban J connectivity index is 1.54. The van der Waals surface area contributed by atoms with Gasteiger partial charge in [-0.15, -0.1) is 11.8 Å². The van der Waals surface area contributed by atoms with Crippen LogP contribution in [-0.2, 0) is 19.2 Å². The molecule has 2 aliphatic heterocycles. The fraction of sp³-hybridized carbons (Fsp3) is 0.304. The molecular weight excluding hydrogens is 432 g/mol. The van der Waals surface area contributed by atoms with Gasteiger partial charge in [-0.3, -0.25) is 14.4 Å². The van der Waals surface area contributed by atoms with Crippen molar-refractivity contribution >= 4 is 35.5 Å². The first-order valence-corrected chi connectivity index (χ1v) is 10.9. The third-order valence-corrected chi connectivity index (χ3v) is 7.14. The molecule has 4 unspecified atom stereocenters. The Labute approximate surface area is 188 Å². The van der Waals surface area contributed by atoms with Crippen molar-refractivity contribution in [2.24, 2.45) is 0 Å². The number of carbonyl (C=O) groups is 4. The summed E-state index contributed by atoms with van der Waals surface area (Å²) in [6.45, 7) is 3.51. The van der Waals surface area contributed by atoms with Gasteiger partial charge in [0.25, 0.3) is 0 Å². The van der Waals surface area contributed by atoms with Crippen molar-refractivity contribution in [3.8, 4) is 5.75 Å². The van der Waals surface area contributed by atoms with E-state index in [-0.39, 0.29) is 0 Å². The van der Waals surface area contributed by atoms with E-state index in [0.717, 1.165) is 0 Å². The number of para-hydroxylation sites is 1. The number of carboxylic acid groups (broad SMARTS) is 1. The first-order valence-electron chi connectivity index (χ1n) is 10.1. The zero-order valence-corrected chi connectivity index (χ0v) is 18.2. The van der Waals surface area contributed by atoms with Crippen molar-refractivity contribution in [1.82, 2.24) is 10.2 Å². The van der Waals surface area contributed by atoms with Gasteiger partial charge >= 0.3 is 11.9 Å². The predicted molar refractivity (Wildman–Crippen MR) is 117 cm³/mol. The molecule has 4 atom stereocenters. The molecule has 0 aromatic heterocycles. The molecule has 0 spiro atoms. The Morgan fingerprint density at radius 3 is 2.25 bits per heavy atom. The van der Waals surface area contributed by atoms with E-state index in [1.54, 1.807) is 74.5 Å². The number of hydrogen-bond acceptors (Lipinski definition) is 6. The van der Waals surface area contributed by atoms with Crippen LogP contribution < -0.4 is 10.1 Å². The van der Waals surface area contributed by atoms with Gasteiger partial charge < -0.3 is 20.1 Å². The molecule has 2 aromatic carbocycles. The molecule has 0 bridgehead atoms. The molecule has 2 aliphatic rings. The Kier molecular flexibility index (Phi) is 5.68. The van der Waals surface area contributed by atoms with Crippen LogP contribution in [0, 0.1) is 0 Å². The molecular formula is C23H22N2O6S.